The van der Waals surface area contributed by atoms with Crippen molar-refractivity contribution in [1.29, 1.82) is 0 Å². The molecule has 0 aliphatic carbocycles. The van der Waals surface area contributed by atoms with Crippen molar-refractivity contribution in [1.82, 2.24) is 0 Å². The lowest BCUT2D eigenvalue weighted by Crippen LogP contribution is -2.32. The van der Waals surface area contributed by atoms with Crippen molar-refractivity contribution >= 4 is 11.6 Å². The molecule has 1 amide bonds. The minimum absolute atomic E-state index is 0.0816. The fraction of sp³-hybridized carbons (Fsp3) is 0.409. The Labute approximate surface area is 160 Å². The molecule has 1 heterocycles. The number of rotatable bonds is 5. The molecule has 27 heavy (non-hydrogen) atoms. The summed E-state index contributed by atoms with van der Waals surface area (Å²) in [5, 5.41) is 2.90. The Kier molecular flexibility index (Phi) is 5.59. The molecular formula is C22H27NO4. The minimum atomic E-state index is -0.571. The number of carbonyl (C=O) groups excluding carboxylic acids is 1. The van der Waals surface area contributed by atoms with Gasteiger partial charge in [0.15, 0.2) is 17.6 Å². The smallest absolute Gasteiger partial charge is 0.265 e. The molecule has 0 spiro atoms. The highest BCUT2D eigenvalue weighted by Crippen LogP contribution is 2.32. The van der Waals surface area contributed by atoms with Crippen molar-refractivity contribution in [3.8, 4) is 17.2 Å². The van der Waals surface area contributed by atoms with Crippen molar-refractivity contribution in [3.63, 3.8) is 0 Å². The fourth-order valence-electron chi connectivity index (χ4n) is 2.86. The maximum atomic E-state index is 12.6. The van der Waals surface area contributed by atoms with Crippen LogP contribution in [0.15, 0.2) is 42.5 Å². The molecule has 0 radical (unpaired) electrons. The lowest BCUT2D eigenvalue weighted by atomic mass is 9.87. The number of benzene rings is 2. The van der Waals surface area contributed by atoms with E-state index in [1.807, 2.05) is 31.2 Å². The second kappa shape index (κ2) is 7.91. The van der Waals surface area contributed by atoms with Crippen LogP contribution in [0.5, 0.6) is 17.2 Å². The zero-order chi connectivity index (χ0) is 19.4. The van der Waals surface area contributed by atoms with E-state index in [0.717, 1.165) is 0 Å². The van der Waals surface area contributed by atoms with Gasteiger partial charge in [0.05, 0.1) is 0 Å². The lowest BCUT2D eigenvalue weighted by molar-refractivity contribution is -0.122. The average molecular weight is 369 g/mol. The van der Waals surface area contributed by atoms with Gasteiger partial charge in [-0.1, -0.05) is 39.8 Å². The third kappa shape index (κ3) is 4.73. The van der Waals surface area contributed by atoms with Crippen LogP contribution in [0.25, 0.3) is 0 Å². The van der Waals surface area contributed by atoms with Gasteiger partial charge >= 0.3 is 0 Å². The highest BCUT2D eigenvalue weighted by Gasteiger charge is 2.20. The molecule has 1 N–H and O–H groups in total. The van der Waals surface area contributed by atoms with E-state index in [1.54, 1.807) is 18.2 Å². The molecule has 144 valence electrons. The first kappa shape index (κ1) is 19.1. The van der Waals surface area contributed by atoms with Gasteiger partial charge in [-0.25, -0.2) is 0 Å². The summed E-state index contributed by atoms with van der Waals surface area (Å²) in [6.45, 7) is 9.47. The molecule has 0 aromatic heterocycles. The van der Waals surface area contributed by atoms with E-state index in [1.165, 1.54) is 5.56 Å². The number of fused-ring (bicyclic) bond motifs is 1. The summed E-state index contributed by atoms with van der Waals surface area (Å²) in [5.74, 6) is 1.84. The molecule has 0 saturated carbocycles. The first-order valence-electron chi connectivity index (χ1n) is 9.34. The lowest BCUT2D eigenvalue weighted by Gasteiger charge is -2.21. The average Bonchev–Trinajstić information content (AvgIpc) is 2.65. The molecule has 0 bridgehead atoms. The van der Waals surface area contributed by atoms with Crippen LogP contribution in [0.1, 0.15) is 39.7 Å². The van der Waals surface area contributed by atoms with Crippen LogP contribution >= 0.6 is 0 Å². The van der Waals surface area contributed by atoms with Gasteiger partial charge in [0.2, 0.25) is 0 Å². The van der Waals surface area contributed by atoms with Gasteiger partial charge < -0.3 is 19.5 Å². The summed E-state index contributed by atoms with van der Waals surface area (Å²) in [7, 11) is 0. The predicted octanol–water partition coefficient (Wildman–Crippen LogP) is 4.55. The van der Waals surface area contributed by atoms with E-state index in [4.69, 9.17) is 14.2 Å². The normalized spacial score (nSPS) is 14.4. The van der Waals surface area contributed by atoms with Crippen molar-refractivity contribution in [2.24, 2.45) is 0 Å². The van der Waals surface area contributed by atoms with Crippen LogP contribution in [0.2, 0.25) is 0 Å². The molecule has 3 rings (SSSR count). The van der Waals surface area contributed by atoms with Crippen LogP contribution < -0.4 is 19.5 Å². The Morgan fingerprint density at radius 3 is 2.37 bits per heavy atom. The van der Waals surface area contributed by atoms with Crippen LogP contribution in [0.4, 0.5) is 5.69 Å². The topological polar surface area (TPSA) is 56.8 Å². The fourth-order valence-corrected chi connectivity index (χ4v) is 2.86. The largest absolute Gasteiger partial charge is 0.486 e. The molecule has 0 saturated heterocycles. The van der Waals surface area contributed by atoms with E-state index < -0.39 is 6.10 Å². The summed E-state index contributed by atoms with van der Waals surface area (Å²) < 4.78 is 17.0. The Morgan fingerprint density at radius 2 is 1.74 bits per heavy atom. The molecular weight excluding hydrogens is 342 g/mol. The number of hydrogen-bond donors (Lipinski definition) is 1. The zero-order valence-corrected chi connectivity index (χ0v) is 16.4. The third-order valence-corrected chi connectivity index (χ3v) is 4.47. The van der Waals surface area contributed by atoms with E-state index >= 15 is 0 Å². The van der Waals surface area contributed by atoms with Gasteiger partial charge in [-0.2, -0.15) is 0 Å². The second-order valence-corrected chi connectivity index (χ2v) is 7.64. The van der Waals surface area contributed by atoms with Crippen molar-refractivity contribution < 1.29 is 19.0 Å². The predicted molar refractivity (Wildman–Crippen MR) is 106 cm³/mol. The first-order chi connectivity index (χ1) is 12.9. The molecule has 1 unspecified atom stereocenters. The molecule has 5 heteroatoms. The maximum Gasteiger partial charge on any atom is 0.265 e. The second-order valence-electron chi connectivity index (χ2n) is 7.64. The summed E-state index contributed by atoms with van der Waals surface area (Å²) in [6.07, 6.45) is -0.00379. The maximum absolute atomic E-state index is 12.6. The first-order valence-corrected chi connectivity index (χ1v) is 9.34. The Hall–Kier alpha value is -2.69. The van der Waals surface area contributed by atoms with Crippen LogP contribution in [-0.4, -0.2) is 25.2 Å². The van der Waals surface area contributed by atoms with E-state index in [2.05, 4.69) is 26.1 Å². The van der Waals surface area contributed by atoms with Crippen molar-refractivity contribution in [2.45, 2.75) is 45.6 Å². The zero-order valence-electron chi connectivity index (χ0n) is 16.4. The highest BCUT2D eigenvalue weighted by atomic mass is 16.6. The van der Waals surface area contributed by atoms with Crippen LogP contribution in [-0.2, 0) is 10.2 Å². The molecule has 2 aromatic carbocycles. The van der Waals surface area contributed by atoms with E-state index in [0.29, 0.717) is 42.6 Å². The van der Waals surface area contributed by atoms with Crippen LogP contribution in [0.3, 0.4) is 0 Å². The van der Waals surface area contributed by atoms with Gasteiger partial charge in [-0.05, 0) is 41.7 Å². The Balaban J connectivity index is 1.65. The quantitative estimate of drug-likeness (QED) is 0.840. The van der Waals surface area contributed by atoms with Gasteiger partial charge in [-0.3, -0.25) is 4.79 Å². The van der Waals surface area contributed by atoms with Crippen molar-refractivity contribution in [2.75, 3.05) is 18.5 Å². The van der Waals surface area contributed by atoms with Gasteiger partial charge in [0, 0.05) is 11.8 Å². The van der Waals surface area contributed by atoms with E-state index in [9.17, 15) is 4.79 Å². The number of ether oxygens (including phenoxy) is 3. The molecule has 2 aromatic rings. The van der Waals surface area contributed by atoms with Crippen molar-refractivity contribution in [3.05, 3.63) is 48.0 Å². The standard InChI is InChI=1S/C22H27NO4/c1-5-18(27-17-9-6-15(7-10-17)22(2,3)4)21(24)23-16-8-11-19-20(14-16)26-13-12-25-19/h6-11,14,18H,5,12-13H2,1-4H3,(H,23,24). The number of hydrogen-bond acceptors (Lipinski definition) is 4. The van der Waals surface area contributed by atoms with E-state index in [-0.39, 0.29) is 11.3 Å². The molecule has 5 nitrogen and oxygen atoms in total. The van der Waals surface area contributed by atoms with Crippen LogP contribution in [0, 0.1) is 0 Å². The number of nitrogens with one attached hydrogen (secondary N) is 1. The Bertz CT molecular complexity index is 793. The SMILES string of the molecule is CCC(Oc1ccc(C(C)(C)C)cc1)C(=O)Nc1ccc2c(c1)OCCO2. The molecule has 1 atom stereocenters. The number of anilines is 1. The summed E-state index contributed by atoms with van der Waals surface area (Å²) in [6, 6.07) is 13.3. The van der Waals surface area contributed by atoms with Gasteiger partial charge in [-0.15, -0.1) is 0 Å². The monoisotopic (exact) mass is 369 g/mol. The Morgan fingerprint density at radius 1 is 1.07 bits per heavy atom. The summed E-state index contributed by atoms with van der Waals surface area (Å²) >= 11 is 0. The minimum Gasteiger partial charge on any atom is -0.486 e. The number of amides is 1. The van der Waals surface area contributed by atoms with Gasteiger partial charge in [0.25, 0.3) is 5.91 Å². The summed E-state index contributed by atoms with van der Waals surface area (Å²) in [5.41, 5.74) is 1.97. The highest BCUT2D eigenvalue weighted by molar-refractivity contribution is 5.94. The molecule has 0 fully saturated rings. The molecule has 1 aliphatic rings. The molecule has 1 aliphatic heterocycles. The summed E-state index contributed by atoms with van der Waals surface area (Å²) in [4.78, 5) is 12.6. The third-order valence-electron chi connectivity index (χ3n) is 4.47. The van der Waals surface area contributed by atoms with Gasteiger partial charge in [0.1, 0.15) is 19.0 Å². The number of carbonyl (C=O) groups is 1.